The fourth-order valence-electron chi connectivity index (χ4n) is 1.80. The minimum Gasteiger partial charge on any atom is -0.417 e. The number of ether oxygens (including phenoxy) is 1. The maximum Gasteiger partial charge on any atom is 0.191 e. The molecule has 0 aliphatic carbocycles. The summed E-state index contributed by atoms with van der Waals surface area (Å²) in [7, 11) is -1.61. The molecule has 0 spiro atoms. The molecule has 1 aliphatic rings. The van der Waals surface area contributed by atoms with Crippen molar-refractivity contribution in [2.75, 3.05) is 13.2 Å². The van der Waals surface area contributed by atoms with E-state index in [1.807, 2.05) is 0 Å². The first-order chi connectivity index (χ1) is 8.17. The van der Waals surface area contributed by atoms with Crippen LogP contribution >= 0.6 is 0 Å². The largest absolute Gasteiger partial charge is 0.417 e. The lowest BCUT2D eigenvalue weighted by atomic mass is 10.0. The van der Waals surface area contributed by atoms with Crippen LogP contribution in [-0.4, -0.2) is 38.8 Å². The van der Waals surface area contributed by atoms with E-state index >= 15 is 0 Å². The normalized spacial score (nSPS) is 26.2. The van der Waals surface area contributed by atoms with Crippen molar-refractivity contribution >= 4 is 8.32 Å². The molecule has 3 nitrogen and oxygen atoms in total. The van der Waals surface area contributed by atoms with Crippen LogP contribution in [0, 0.1) is 5.92 Å². The average Bonchev–Trinajstić information content (AvgIpc) is 2.92. The first-order valence-corrected chi connectivity index (χ1v) is 9.98. The van der Waals surface area contributed by atoms with Crippen LogP contribution in [0.2, 0.25) is 18.1 Å². The van der Waals surface area contributed by atoms with E-state index in [-0.39, 0.29) is 11.6 Å². The number of aliphatic hydroxyl groups excluding tert-OH is 1. The van der Waals surface area contributed by atoms with Crippen LogP contribution in [-0.2, 0) is 9.16 Å². The second kappa shape index (κ2) is 6.03. The summed E-state index contributed by atoms with van der Waals surface area (Å²) < 4.78 is 11.7. The lowest BCUT2D eigenvalue weighted by molar-refractivity contribution is 0.219. The Bertz CT molecular complexity index is 260. The molecule has 0 bridgehead atoms. The van der Waals surface area contributed by atoms with E-state index in [0.29, 0.717) is 18.1 Å². The van der Waals surface area contributed by atoms with Crippen LogP contribution < -0.4 is 0 Å². The van der Waals surface area contributed by atoms with Gasteiger partial charge < -0.3 is 14.3 Å². The molecule has 0 aromatic carbocycles. The van der Waals surface area contributed by atoms with Crippen LogP contribution in [0.15, 0.2) is 0 Å². The summed E-state index contributed by atoms with van der Waals surface area (Å²) in [6.45, 7) is 14.7. The van der Waals surface area contributed by atoms with Gasteiger partial charge in [-0.25, -0.2) is 0 Å². The maximum absolute atomic E-state index is 8.83. The molecule has 1 heterocycles. The summed E-state index contributed by atoms with van der Waals surface area (Å²) >= 11 is 0. The zero-order valence-corrected chi connectivity index (χ0v) is 13.8. The monoisotopic (exact) mass is 274 g/mol. The van der Waals surface area contributed by atoms with Crippen LogP contribution in [0.1, 0.15) is 40.5 Å². The quantitative estimate of drug-likeness (QED) is 0.572. The Labute approximate surface area is 113 Å². The molecule has 0 saturated carbocycles. The fourth-order valence-corrected chi connectivity index (χ4v) is 2.93. The van der Waals surface area contributed by atoms with Gasteiger partial charge in [-0.2, -0.15) is 0 Å². The highest BCUT2D eigenvalue weighted by Gasteiger charge is 2.40. The molecule has 1 rings (SSSR count). The summed E-state index contributed by atoms with van der Waals surface area (Å²) in [6, 6.07) is 0. The van der Waals surface area contributed by atoms with Crippen LogP contribution in [0.3, 0.4) is 0 Å². The molecule has 1 aliphatic heterocycles. The molecule has 1 N–H and O–H groups in total. The van der Waals surface area contributed by atoms with Gasteiger partial charge in [0.15, 0.2) is 8.32 Å². The molecule has 0 aromatic heterocycles. The Kier molecular flexibility index (Phi) is 5.41. The molecule has 4 heteroatoms. The highest BCUT2D eigenvalue weighted by molar-refractivity contribution is 6.74. The lowest BCUT2D eigenvalue weighted by Crippen LogP contribution is -2.41. The molecule has 108 valence electrons. The first-order valence-electron chi connectivity index (χ1n) is 7.07. The Hall–Kier alpha value is 0.0969. The van der Waals surface area contributed by atoms with Gasteiger partial charge in [-0.1, -0.05) is 27.7 Å². The molecule has 1 saturated heterocycles. The Morgan fingerprint density at radius 2 is 1.89 bits per heavy atom. The summed E-state index contributed by atoms with van der Waals surface area (Å²) in [6.07, 6.45) is 2.49. The molecule has 0 radical (unpaired) electrons. The van der Waals surface area contributed by atoms with E-state index < -0.39 is 8.32 Å². The number of rotatable bonds is 7. The second-order valence-electron chi connectivity index (χ2n) is 7.14. The van der Waals surface area contributed by atoms with Gasteiger partial charge >= 0.3 is 0 Å². The van der Waals surface area contributed by atoms with Gasteiger partial charge in [0.25, 0.3) is 0 Å². The first kappa shape index (κ1) is 16.2. The Morgan fingerprint density at radius 1 is 1.28 bits per heavy atom. The molecular formula is C14H30O3Si. The predicted molar refractivity (Wildman–Crippen MR) is 77.3 cm³/mol. The van der Waals surface area contributed by atoms with Gasteiger partial charge in [0, 0.05) is 13.2 Å². The zero-order valence-electron chi connectivity index (χ0n) is 12.8. The molecule has 0 aromatic rings. The highest BCUT2D eigenvalue weighted by atomic mass is 28.4. The van der Waals surface area contributed by atoms with E-state index in [9.17, 15) is 0 Å². The van der Waals surface area contributed by atoms with E-state index in [1.54, 1.807) is 0 Å². The van der Waals surface area contributed by atoms with E-state index in [1.165, 1.54) is 0 Å². The lowest BCUT2D eigenvalue weighted by Gasteiger charge is -2.37. The smallest absolute Gasteiger partial charge is 0.191 e. The molecule has 2 unspecified atom stereocenters. The van der Waals surface area contributed by atoms with Gasteiger partial charge in [-0.15, -0.1) is 0 Å². The highest BCUT2D eigenvalue weighted by Crippen LogP contribution is 2.37. The number of hydrogen-bond acceptors (Lipinski definition) is 3. The third kappa shape index (κ3) is 4.65. The van der Waals surface area contributed by atoms with Crippen molar-refractivity contribution < 1.29 is 14.3 Å². The molecule has 1 fully saturated rings. The van der Waals surface area contributed by atoms with Crippen molar-refractivity contribution in [2.24, 2.45) is 5.92 Å². The van der Waals surface area contributed by atoms with Crippen molar-refractivity contribution in [3.05, 3.63) is 0 Å². The SMILES string of the molecule is CC(CO[Si](C)(C)C(C)(C)C)CC1O[C@@H]1CCO. The van der Waals surface area contributed by atoms with Crippen molar-refractivity contribution in [1.29, 1.82) is 0 Å². The third-order valence-electron chi connectivity index (χ3n) is 4.27. The number of aliphatic hydroxyl groups is 1. The molecule has 0 amide bonds. The summed E-state index contributed by atoms with van der Waals surface area (Å²) in [4.78, 5) is 0. The van der Waals surface area contributed by atoms with E-state index in [0.717, 1.165) is 19.4 Å². The van der Waals surface area contributed by atoms with Crippen molar-refractivity contribution in [1.82, 2.24) is 0 Å². The minimum atomic E-state index is -1.61. The van der Waals surface area contributed by atoms with Gasteiger partial charge in [0.05, 0.1) is 12.2 Å². The average molecular weight is 274 g/mol. The standard InChI is InChI=1S/C14H30O3Si/c1-11(9-13-12(17-13)7-8-15)10-16-18(5,6)14(2,3)4/h11-13,15H,7-10H2,1-6H3/t11?,12-,13?/m1/s1. The Morgan fingerprint density at radius 3 is 2.39 bits per heavy atom. The van der Waals surface area contributed by atoms with Crippen molar-refractivity contribution in [3.63, 3.8) is 0 Å². The van der Waals surface area contributed by atoms with Gasteiger partial charge in [0.2, 0.25) is 0 Å². The molecule has 3 atom stereocenters. The summed E-state index contributed by atoms with van der Waals surface area (Å²) in [5, 5.41) is 9.11. The predicted octanol–water partition coefficient (Wildman–Crippen LogP) is 3.18. The Balaban J connectivity index is 2.24. The number of epoxide rings is 1. The summed E-state index contributed by atoms with van der Waals surface area (Å²) in [5.41, 5.74) is 0. The maximum atomic E-state index is 8.83. The van der Waals surface area contributed by atoms with E-state index in [4.69, 9.17) is 14.3 Å². The second-order valence-corrected chi connectivity index (χ2v) is 11.9. The van der Waals surface area contributed by atoms with Crippen molar-refractivity contribution in [2.45, 2.75) is 70.9 Å². The van der Waals surface area contributed by atoms with E-state index in [2.05, 4.69) is 40.8 Å². The summed E-state index contributed by atoms with van der Waals surface area (Å²) in [5.74, 6) is 0.535. The molecular weight excluding hydrogens is 244 g/mol. The van der Waals surface area contributed by atoms with Crippen LogP contribution in [0.5, 0.6) is 0 Å². The molecule has 18 heavy (non-hydrogen) atoms. The van der Waals surface area contributed by atoms with Crippen molar-refractivity contribution in [3.8, 4) is 0 Å². The van der Waals surface area contributed by atoms with Gasteiger partial charge in [-0.05, 0) is 36.9 Å². The van der Waals surface area contributed by atoms with Gasteiger partial charge in [0.1, 0.15) is 0 Å². The van der Waals surface area contributed by atoms with Crippen LogP contribution in [0.4, 0.5) is 0 Å². The topological polar surface area (TPSA) is 42.0 Å². The van der Waals surface area contributed by atoms with Gasteiger partial charge in [-0.3, -0.25) is 0 Å². The fraction of sp³-hybridized carbons (Fsp3) is 1.00. The van der Waals surface area contributed by atoms with Crippen LogP contribution in [0.25, 0.3) is 0 Å². The zero-order chi connectivity index (χ0) is 14.0. The third-order valence-corrected chi connectivity index (χ3v) is 8.77. The minimum absolute atomic E-state index is 0.232. The number of hydrogen-bond donors (Lipinski definition) is 1.